The molecule has 0 saturated heterocycles. The van der Waals surface area contributed by atoms with Crippen molar-refractivity contribution in [2.45, 2.75) is 45.2 Å². The molecule has 1 aromatic heterocycles. The summed E-state index contributed by atoms with van der Waals surface area (Å²) in [4.78, 5) is 11.9. The van der Waals surface area contributed by atoms with Gasteiger partial charge in [-0.3, -0.25) is 4.79 Å². The van der Waals surface area contributed by atoms with Gasteiger partial charge in [0.2, 0.25) is 0 Å². The van der Waals surface area contributed by atoms with Crippen LogP contribution in [0.15, 0.2) is 30.3 Å². The van der Waals surface area contributed by atoms with Crippen LogP contribution in [0.4, 0.5) is 13.2 Å². The topological polar surface area (TPSA) is 88.2 Å². The average molecular weight is 407 g/mol. The molecule has 0 amide bonds. The van der Waals surface area contributed by atoms with Gasteiger partial charge in [0.15, 0.2) is 0 Å². The van der Waals surface area contributed by atoms with Crippen molar-refractivity contribution in [1.29, 1.82) is 0 Å². The Kier molecular flexibility index (Phi) is 5.02. The molecule has 0 atom stereocenters. The van der Waals surface area contributed by atoms with Gasteiger partial charge in [0.25, 0.3) is 0 Å². The summed E-state index contributed by atoms with van der Waals surface area (Å²) >= 11 is 0. The van der Waals surface area contributed by atoms with E-state index >= 15 is 0 Å². The molecule has 9 heteroatoms. The fraction of sp³-hybridized carbons (Fsp3) is 0.350. The summed E-state index contributed by atoms with van der Waals surface area (Å²) < 4.78 is 39.9. The lowest BCUT2D eigenvalue weighted by Gasteiger charge is -2.23. The molecule has 0 spiro atoms. The van der Waals surface area contributed by atoms with Crippen molar-refractivity contribution >= 4 is 17.0 Å². The fourth-order valence-corrected chi connectivity index (χ4v) is 3.07. The van der Waals surface area contributed by atoms with Crippen molar-refractivity contribution in [3.05, 3.63) is 47.0 Å². The predicted octanol–water partition coefficient (Wildman–Crippen LogP) is 4.46. The predicted molar refractivity (Wildman–Crippen MR) is 100 cm³/mol. The lowest BCUT2D eigenvalue weighted by molar-refractivity contribution is -0.137. The average Bonchev–Trinajstić information content (AvgIpc) is 3.02. The Morgan fingerprint density at radius 3 is 2.38 bits per heavy atom. The number of carboxylic acid groups (broad SMARTS) is 1. The summed E-state index contributed by atoms with van der Waals surface area (Å²) in [5, 5.41) is 27.8. The second kappa shape index (κ2) is 7.06. The van der Waals surface area contributed by atoms with Gasteiger partial charge >= 0.3 is 12.1 Å². The number of hydrogen-bond acceptors (Lipinski definition) is 4. The molecule has 0 fully saturated rings. The minimum Gasteiger partial charge on any atom is -0.505 e. The van der Waals surface area contributed by atoms with E-state index in [1.165, 1.54) is 18.2 Å². The molecule has 0 aliphatic rings. The van der Waals surface area contributed by atoms with Gasteiger partial charge in [-0.05, 0) is 35.6 Å². The highest BCUT2D eigenvalue weighted by atomic mass is 19.4. The number of carboxylic acids is 1. The molecule has 29 heavy (non-hydrogen) atoms. The third kappa shape index (κ3) is 4.18. The normalized spacial score (nSPS) is 12.5. The summed E-state index contributed by atoms with van der Waals surface area (Å²) in [5.41, 5.74) is -0.474. The van der Waals surface area contributed by atoms with Crippen LogP contribution in [0.5, 0.6) is 5.75 Å². The third-order valence-electron chi connectivity index (χ3n) is 4.52. The molecule has 3 rings (SSSR count). The van der Waals surface area contributed by atoms with Crippen LogP contribution < -0.4 is 0 Å². The van der Waals surface area contributed by atoms with Gasteiger partial charge in [-0.25, -0.2) is 0 Å². The van der Waals surface area contributed by atoms with Crippen LogP contribution in [0.1, 0.15) is 43.9 Å². The summed E-state index contributed by atoms with van der Waals surface area (Å²) in [6, 6.07) is 6.77. The van der Waals surface area contributed by atoms with Gasteiger partial charge in [-0.1, -0.05) is 32.9 Å². The Labute approximate surface area is 164 Å². The number of nitrogens with zero attached hydrogens (tertiary/aromatic N) is 3. The maximum absolute atomic E-state index is 13.3. The van der Waals surface area contributed by atoms with Crippen molar-refractivity contribution in [2.24, 2.45) is 0 Å². The van der Waals surface area contributed by atoms with E-state index in [1.54, 1.807) is 6.07 Å². The Bertz CT molecular complexity index is 1080. The zero-order valence-corrected chi connectivity index (χ0v) is 16.1. The van der Waals surface area contributed by atoms with E-state index < -0.39 is 23.1 Å². The molecule has 0 aliphatic carbocycles. The van der Waals surface area contributed by atoms with Gasteiger partial charge in [0, 0.05) is 12.0 Å². The molecule has 2 aromatic carbocycles. The highest BCUT2D eigenvalue weighted by Gasteiger charge is 2.34. The van der Waals surface area contributed by atoms with Crippen LogP contribution in [0.25, 0.3) is 16.7 Å². The Balaban J connectivity index is 2.21. The van der Waals surface area contributed by atoms with E-state index in [1.807, 2.05) is 20.8 Å². The number of aromatic nitrogens is 3. The molecular weight excluding hydrogens is 387 g/mol. The third-order valence-corrected chi connectivity index (χ3v) is 4.52. The first-order chi connectivity index (χ1) is 13.4. The molecule has 3 aromatic rings. The number of fused-ring (bicyclic) bond motifs is 1. The molecular formula is C20H20F3N3O3. The molecule has 1 heterocycles. The molecule has 6 nitrogen and oxygen atoms in total. The van der Waals surface area contributed by atoms with Crippen LogP contribution in [0.3, 0.4) is 0 Å². The number of hydrogen-bond donors (Lipinski definition) is 2. The SMILES string of the molecule is CC(C)(C)c1cc(CCC(=O)O)cc(-n2nc3cccc(C(F)(F)F)c3n2)c1O. The zero-order valence-electron chi connectivity index (χ0n) is 16.1. The fourth-order valence-electron chi connectivity index (χ4n) is 3.07. The molecule has 0 bridgehead atoms. The second-order valence-electron chi connectivity index (χ2n) is 7.82. The number of aromatic hydroxyl groups is 1. The van der Waals surface area contributed by atoms with Crippen molar-refractivity contribution in [2.75, 3.05) is 0 Å². The van der Waals surface area contributed by atoms with Gasteiger partial charge in [-0.2, -0.15) is 13.2 Å². The van der Waals surface area contributed by atoms with Crippen LogP contribution in [-0.2, 0) is 22.8 Å². The maximum atomic E-state index is 13.3. The standard InChI is InChI=1S/C20H20F3N3O3/c1-19(2,3)13-9-11(7-8-16(27)28)10-15(18(13)29)26-24-14-6-4-5-12(17(14)25-26)20(21,22)23/h4-6,9-10,29H,7-8H2,1-3H3,(H,27,28). The summed E-state index contributed by atoms with van der Waals surface area (Å²) in [5.74, 6) is -1.14. The monoisotopic (exact) mass is 407 g/mol. The number of benzene rings is 2. The van der Waals surface area contributed by atoms with Crippen molar-refractivity contribution in [3.8, 4) is 11.4 Å². The number of aliphatic carboxylic acids is 1. The van der Waals surface area contributed by atoms with Crippen molar-refractivity contribution in [1.82, 2.24) is 15.0 Å². The Hall–Kier alpha value is -3.10. The second-order valence-corrected chi connectivity index (χ2v) is 7.82. The lowest BCUT2D eigenvalue weighted by Crippen LogP contribution is -2.14. The zero-order chi connectivity index (χ0) is 21.6. The van der Waals surface area contributed by atoms with Crippen molar-refractivity contribution < 1.29 is 28.2 Å². The quantitative estimate of drug-likeness (QED) is 0.667. The van der Waals surface area contributed by atoms with Crippen LogP contribution >= 0.6 is 0 Å². The first-order valence-corrected chi connectivity index (χ1v) is 8.89. The largest absolute Gasteiger partial charge is 0.505 e. The van der Waals surface area contributed by atoms with Crippen molar-refractivity contribution in [3.63, 3.8) is 0 Å². The number of phenols is 1. The first kappa shape index (κ1) is 20.6. The Morgan fingerprint density at radius 1 is 1.10 bits per heavy atom. The smallest absolute Gasteiger partial charge is 0.418 e. The molecule has 0 unspecified atom stereocenters. The van der Waals surface area contributed by atoms with E-state index in [4.69, 9.17) is 5.11 Å². The molecule has 2 N–H and O–H groups in total. The maximum Gasteiger partial charge on any atom is 0.418 e. The van der Waals surface area contributed by atoms with Crippen LogP contribution in [0, 0.1) is 0 Å². The highest BCUT2D eigenvalue weighted by Crippen LogP contribution is 2.38. The van der Waals surface area contributed by atoms with E-state index in [2.05, 4.69) is 10.2 Å². The summed E-state index contributed by atoms with van der Waals surface area (Å²) in [6.45, 7) is 5.59. The number of carbonyl (C=O) groups is 1. The first-order valence-electron chi connectivity index (χ1n) is 8.89. The Morgan fingerprint density at radius 2 is 1.79 bits per heavy atom. The summed E-state index contributed by atoms with van der Waals surface area (Å²) in [7, 11) is 0. The number of phenolic OH excluding ortho intramolecular Hbond substituents is 1. The summed E-state index contributed by atoms with van der Waals surface area (Å²) in [6.07, 6.45) is -4.52. The number of alkyl halides is 3. The number of rotatable bonds is 4. The van der Waals surface area contributed by atoms with Gasteiger partial charge in [-0.15, -0.1) is 15.0 Å². The minimum atomic E-state index is -4.59. The number of aryl methyl sites for hydroxylation is 1. The van der Waals surface area contributed by atoms with Crippen LogP contribution in [-0.4, -0.2) is 31.2 Å². The van der Waals surface area contributed by atoms with Gasteiger partial charge < -0.3 is 10.2 Å². The van der Waals surface area contributed by atoms with E-state index in [0.29, 0.717) is 11.1 Å². The molecule has 0 saturated carbocycles. The van der Waals surface area contributed by atoms with Crippen LogP contribution in [0.2, 0.25) is 0 Å². The van der Waals surface area contributed by atoms with E-state index in [-0.39, 0.29) is 35.3 Å². The van der Waals surface area contributed by atoms with Gasteiger partial charge in [0.1, 0.15) is 22.5 Å². The highest BCUT2D eigenvalue weighted by molar-refractivity contribution is 5.78. The molecule has 154 valence electrons. The lowest BCUT2D eigenvalue weighted by atomic mass is 9.84. The molecule has 0 aliphatic heterocycles. The molecule has 0 radical (unpaired) electrons. The number of halogens is 3. The van der Waals surface area contributed by atoms with E-state index in [9.17, 15) is 23.1 Å². The van der Waals surface area contributed by atoms with Gasteiger partial charge in [0.05, 0.1) is 5.56 Å². The van der Waals surface area contributed by atoms with E-state index in [0.717, 1.165) is 10.9 Å². The minimum absolute atomic E-state index is 0.0347.